The van der Waals surface area contributed by atoms with Gasteiger partial charge in [-0.25, -0.2) is 12.8 Å². The largest absolute Gasteiger partial charge is 0.350 e. The van der Waals surface area contributed by atoms with E-state index >= 15 is 0 Å². The Morgan fingerprint density at radius 1 is 1.00 bits per heavy atom. The van der Waals surface area contributed by atoms with Crippen LogP contribution in [-0.4, -0.2) is 54.4 Å². The highest BCUT2D eigenvalue weighted by Crippen LogP contribution is 2.28. The summed E-state index contributed by atoms with van der Waals surface area (Å²) in [5.41, 5.74) is 0.666. The summed E-state index contributed by atoms with van der Waals surface area (Å²) in [5, 5.41) is 14.4. The zero-order valence-electron chi connectivity index (χ0n) is 24.2. The molecule has 0 saturated heterocycles. The quantitative estimate of drug-likeness (QED) is 0.258. The predicted octanol–water partition coefficient (Wildman–Crippen LogP) is 4.36. The fourth-order valence-corrected chi connectivity index (χ4v) is 5.27. The molecule has 0 aliphatic rings. The van der Waals surface area contributed by atoms with E-state index in [4.69, 9.17) is 0 Å². The molecule has 0 bridgehead atoms. The second kappa shape index (κ2) is 13.1. The van der Waals surface area contributed by atoms with Crippen LogP contribution in [0.5, 0.6) is 0 Å². The topological polar surface area (TPSA) is 130 Å². The number of hydrogen-bond acceptors (Lipinski definition) is 6. The van der Waals surface area contributed by atoms with Gasteiger partial charge in [0.2, 0.25) is 21.8 Å². The third kappa shape index (κ3) is 8.84. The summed E-state index contributed by atoms with van der Waals surface area (Å²) in [4.78, 5) is 39.9. The van der Waals surface area contributed by atoms with E-state index in [9.17, 15) is 32.5 Å². The summed E-state index contributed by atoms with van der Waals surface area (Å²) in [7, 11) is -4.11. The molecular weight excluding hydrogens is 563 g/mol. The van der Waals surface area contributed by atoms with Gasteiger partial charge in [0.1, 0.15) is 18.4 Å². The number of amides is 2. The molecule has 3 rings (SSSR count). The lowest BCUT2D eigenvalue weighted by Crippen LogP contribution is -2.56. The Balaban J connectivity index is 2.12. The summed E-state index contributed by atoms with van der Waals surface area (Å²) in [6.45, 7) is 6.12. The van der Waals surface area contributed by atoms with Crippen LogP contribution < -0.4 is 9.62 Å². The summed E-state index contributed by atoms with van der Waals surface area (Å²) in [6, 6.07) is 17.2. The van der Waals surface area contributed by atoms with Crippen LogP contribution in [0.2, 0.25) is 0 Å². The number of aryl methyl sites for hydroxylation is 1. The third-order valence-electron chi connectivity index (χ3n) is 6.39. The molecule has 3 aromatic rings. The molecule has 0 aliphatic heterocycles. The minimum atomic E-state index is -4.11. The molecule has 10 nitrogen and oxygen atoms in total. The van der Waals surface area contributed by atoms with Gasteiger partial charge in [-0.15, -0.1) is 0 Å². The lowest BCUT2D eigenvalue weighted by Gasteiger charge is -2.35. The van der Waals surface area contributed by atoms with Gasteiger partial charge in [-0.3, -0.25) is 24.0 Å². The van der Waals surface area contributed by atoms with E-state index < -0.39 is 50.7 Å². The summed E-state index contributed by atoms with van der Waals surface area (Å²) in [6.07, 6.45) is 1.01. The Bertz CT molecular complexity index is 1540. The normalized spacial score (nSPS) is 12.3. The Hall–Kier alpha value is -4.32. The standard InChI is InChI=1S/C30H35FN4O6S/c1-21-11-16-25(35(38)39)18-26(21)34(42(5,40)41)20-28(36)33(19-23-12-14-24(31)15-13-23)27(29(37)32-30(2,3)4)17-22-9-7-6-8-10-22/h6-16,18,27H,17,19-20H2,1-5H3,(H,32,37)/t27-/m1/s1. The Kier molecular flexibility index (Phi) is 10.1. The Morgan fingerprint density at radius 3 is 2.17 bits per heavy atom. The number of sulfonamides is 1. The van der Waals surface area contributed by atoms with E-state index in [1.54, 1.807) is 39.8 Å². The van der Waals surface area contributed by atoms with E-state index in [-0.39, 0.29) is 24.3 Å². The molecular formula is C30H35FN4O6S. The van der Waals surface area contributed by atoms with Gasteiger partial charge in [0, 0.05) is 30.6 Å². The van der Waals surface area contributed by atoms with Gasteiger partial charge in [-0.1, -0.05) is 48.5 Å². The van der Waals surface area contributed by atoms with E-state index in [2.05, 4.69) is 5.32 Å². The van der Waals surface area contributed by atoms with Crippen LogP contribution >= 0.6 is 0 Å². The van der Waals surface area contributed by atoms with Gasteiger partial charge < -0.3 is 10.2 Å². The Morgan fingerprint density at radius 2 is 1.62 bits per heavy atom. The van der Waals surface area contributed by atoms with Crippen LogP contribution in [0.1, 0.15) is 37.5 Å². The monoisotopic (exact) mass is 598 g/mol. The van der Waals surface area contributed by atoms with Crippen molar-refractivity contribution < 1.29 is 27.3 Å². The van der Waals surface area contributed by atoms with E-state index in [0.29, 0.717) is 11.1 Å². The van der Waals surface area contributed by atoms with Gasteiger partial charge >= 0.3 is 0 Å². The van der Waals surface area contributed by atoms with Crippen molar-refractivity contribution in [2.45, 2.75) is 52.2 Å². The number of nitrogens with zero attached hydrogens (tertiary/aromatic N) is 3. The maximum atomic E-state index is 14.1. The highest BCUT2D eigenvalue weighted by atomic mass is 32.2. The van der Waals surface area contributed by atoms with Crippen molar-refractivity contribution in [3.8, 4) is 0 Å². The van der Waals surface area contributed by atoms with Crippen LogP contribution in [-0.2, 0) is 32.6 Å². The zero-order valence-corrected chi connectivity index (χ0v) is 25.0. The molecule has 0 spiro atoms. The number of hydrogen-bond donors (Lipinski definition) is 1. The smallest absolute Gasteiger partial charge is 0.271 e. The molecule has 0 aliphatic carbocycles. The molecule has 0 heterocycles. The number of anilines is 1. The molecule has 0 radical (unpaired) electrons. The molecule has 12 heteroatoms. The van der Waals surface area contributed by atoms with Crippen molar-refractivity contribution in [1.82, 2.24) is 10.2 Å². The first-order chi connectivity index (χ1) is 19.5. The maximum Gasteiger partial charge on any atom is 0.271 e. The first-order valence-corrected chi connectivity index (χ1v) is 15.0. The number of halogens is 1. The molecule has 0 saturated carbocycles. The number of carbonyl (C=O) groups is 2. The Labute approximate surface area is 245 Å². The van der Waals surface area contributed by atoms with Crippen molar-refractivity contribution in [3.63, 3.8) is 0 Å². The minimum Gasteiger partial charge on any atom is -0.350 e. The van der Waals surface area contributed by atoms with Crippen molar-refractivity contribution in [1.29, 1.82) is 0 Å². The van der Waals surface area contributed by atoms with Crippen LogP contribution in [0.15, 0.2) is 72.8 Å². The van der Waals surface area contributed by atoms with Crippen LogP contribution in [0.25, 0.3) is 0 Å². The summed E-state index contributed by atoms with van der Waals surface area (Å²) >= 11 is 0. The number of nitro benzene ring substituents is 1. The summed E-state index contributed by atoms with van der Waals surface area (Å²) < 4.78 is 40.4. The van der Waals surface area contributed by atoms with Crippen LogP contribution in [0.4, 0.5) is 15.8 Å². The van der Waals surface area contributed by atoms with Crippen LogP contribution in [0.3, 0.4) is 0 Å². The lowest BCUT2D eigenvalue weighted by molar-refractivity contribution is -0.384. The molecule has 224 valence electrons. The maximum absolute atomic E-state index is 14.1. The average Bonchev–Trinajstić information content (AvgIpc) is 2.89. The molecule has 0 unspecified atom stereocenters. The fraction of sp³-hybridized carbons (Fsp3) is 0.333. The SMILES string of the molecule is Cc1ccc([N+](=O)[O-])cc1N(CC(=O)N(Cc1ccc(F)cc1)[C@H](Cc1ccccc1)C(=O)NC(C)(C)C)S(C)(=O)=O. The number of non-ortho nitro benzene ring substituents is 1. The van der Waals surface area contributed by atoms with Crippen molar-refractivity contribution in [2.24, 2.45) is 0 Å². The minimum absolute atomic E-state index is 0.0273. The van der Waals surface area contributed by atoms with Gasteiger partial charge in [0.15, 0.2) is 0 Å². The molecule has 1 atom stereocenters. The van der Waals surface area contributed by atoms with Crippen molar-refractivity contribution in [2.75, 3.05) is 17.1 Å². The predicted molar refractivity (Wildman–Crippen MR) is 159 cm³/mol. The van der Waals surface area contributed by atoms with Crippen molar-refractivity contribution >= 4 is 33.2 Å². The van der Waals surface area contributed by atoms with Crippen molar-refractivity contribution in [3.05, 3.63) is 105 Å². The molecule has 0 fully saturated rings. The summed E-state index contributed by atoms with van der Waals surface area (Å²) in [5.74, 6) is -1.66. The first kappa shape index (κ1) is 32.2. The number of rotatable bonds is 11. The first-order valence-electron chi connectivity index (χ1n) is 13.2. The number of benzene rings is 3. The highest BCUT2D eigenvalue weighted by Gasteiger charge is 2.35. The fourth-order valence-electron chi connectivity index (χ4n) is 4.37. The van der Waals surface area contributed by atoms with Gasteiger partial charge in [-0.05, 0) is 56.5 Å². The average molecular weight is 599 g/mol. The van der Waals surface area contributed by atoms with Crippen LogP contribution in [0, 0.1) is 22.9 Å². The second-order valence-electron chi connectivity index (χ2n) is 11.1. The van der Waals surface area contributed by atoms with Gasteiger partial charge in [0.05, 0.1) is 16.9 Å². The number of nitrogens with one attached hydrogen (secondary N) is 1. The third-order valence-corrected chi connectivity index (χ3v) is 7.51. The molecule has 1 N–H and O–H groups in total. The lowest BCUT2D eigenvalue weighted by atomic mass is 10.0. The molecule has 42 heavy (non-hydrogen) atoms. The van der Waals surface area contributed by atoms with E-state index in [0.717, 1.165) is 22.2 Å². The van der Waals surface area contributed by atoms with E-state index in [1.165, 1.54) is 41.3 Å². The molecule has 0 aromatic heterocycles. The molecule has 3 aromatic carbocycles. The number of nitro groups is 1. The zero-order chi connectivity index (χ0) is 31.2. The highest BCUT2D eigenvalue weighted by molar-refractivity contribution is 7.92. The van der Waals surface area contributed by atoms with E-state index in [1.807, 2.05) is 18.2 Å². The second-order valence-corrected chi connectivity index (χ2v) is 13.0. The molecule has 2 amide bonds. The number of carbonyl (C=O) groups excluding carboxylic acids is 2. The van der Waals surface area contributed by atoms with Gasteiger partial charge in [0.25, 0.3) is 5.69 Å². The van der Waals surface area contributed by atoms with Gasteiger partial charge in [-0.2, -0.15) is 0 Å².